The molecule has 4 aromatic rings. The third-order valence-corrected chi connectivity index (χ3v) is 7.78. The Balaban J connectivity index is 1.91. The molecule has 10 nitrogen and oxygen atoms in total. The molecular weight excluding hydrogens is 642 g/mol. The lowest BCUT2D eigenvalue weighted by Crippen LogP contribution is -2.33. The van der Waals surface area contributed by atoms with Crippen LogP contribution in [0.25, 0.3) is 28.1 Å². The van der Waals surface area contributed by atoms with Gasteiger partial charge < -0.3 is 25.9 Å². The Labute approximate surface area is 260 Å². The van der Waals surface area contributed by atoms with Crippen molar-refractivity contribution in [1.29, 1.82) is 0 Å². The summed E-state index contributed by atoms with van der Waals surface area (Å²) in [4.78, 5) is 11.5. The number of aromatic nitrogens is 2. The van der Waals surface area contributed by atoms with Crippen LogP contribution < -0.4 is 27.1 Å². The Hall–Kier alpha value is -4.71. The Bertz CT molecular complexity index is 1790. The Morgan fingerprint density at radius 3 is 2.28 bits per heavy atom. The smallest absolute Gasteiger partial charge is 0.573 e. The predicted molar refractivity (Wildman–Crippen MR) is 157 cm³/mol. The number of hydrazine groups is 1. The molecule has 46 heavy (non-hydrogen) atoms. The number of hydrogen-bond acceptors (Lipinski definition) is 8. The van der Waals surface area contributed by atoms with Crippen LogP contribution in [-0.4, -0.2) is 38.0 Å². The van der Waals surface area contributed by atoms with E-state index in [2.05, 4.69) is 9.84 Å². The zero-order valence-corrected chi connectivity index (χ0v) is 24.8. The molecule has 17 heteroatoms. The summed E-state index contributed by atoms with van der Waals surface area (Å²) in [5, 5.41) is 14.4. The Kier molecular flexibility index (Phi) is 9.62. The molecule has 7 N–H and O–H groups in total. The van der Waals surface area contributed by atoms with E-state index in [1.54, 1.807) is 0 Å². The molecule has 0 aliphatic carbocycles. The van der Waals surface area contributed by atoms with E-state index in [0.29, 0.717) is 5.56 Å². The molecule has 4 rings (SSSR count). The molecule has 0 spiro atoms. The van der Waals surface area contributed by atoms with Crippen molar-refractivity contribution >= 4 is 28.5 Å². The maximum Gasteiger partial charge on any atom is 0.573 e. The van der Waals surface area contributed by atoms with E-state index in [-0.39, 0.29) is 44.2 Å². The van der Waals surface area contributed by atoms with Crippen molar-refractivity contribution in [3.8, 4) is 28.1 Å². The Morgan fingerprint density at radius 2 is 1.74 bits per heavy atom. The number of benzene rings is 3. The second-order valence-electron chi connectivity index (χ2n) is 9.75. The second kappa shape index (κ2) is 13.0. The molecule has 0 radical (unpaired) electrons. The van der Waals surface area contributed by atoms with E-state index in [1.807, 2.05) is 0 Å². The standard InChI is InChI=1S/C29H26F6N6O4S/c1-40-22(12-26(39-40)28(31,32)27(37)43)19-8-5-16(17-9-21(30)20(14-42)25(11-17)46(2)44)10-23(19)41(38)24(13-36)15-3-6-18(7-4-15)45-29(33,34)35/h3-13,42H,14,36,38H2,1-2H3,(H2,37,43)/b24-13-. The number of aliphatic hydroxyl groups is 1. The molecular formula is C29H26F6N6O4S. The number of hydrogen-bond donors (Lipinski definition) is 4. The molecule has 1 heterocycles. The fourth-order valence-electron chi connectivity index (χ4n) is 4.59. The highest BCUT2D eigenvalue weighted by molar-refractivity contribution is 7.90. The van der Waals surface area contributed by atoms with Gasteiger partial charge in [-0.05, 0) is 64.8 Å². The number of aryl methyl sites for hydroxylation is 1. The maximum atomic E-state index is 15.0. The molecule has 1 aromatic heterocycles. The van der Waals surface area contributed by atoms with E-state index >= 15 is 0 Å². The molecule has 1 amide bonds. The van der Waals surface area contributed by atoms with Gasteiger partial charge in [0.15, 0.2) is 4.90 Å². The summed E-state index contributed by atoms with van der Waals surface area (Å²) in [7, 11) is 1.32. The summed E-state index contributed by atoms with van der Waals surface area (Å²) in [5.41, 5.74) is 10.6. The number of carbonyl (C=O) groups is 1. The van der Waals surface area contributed by atoms with Gasteiger partial charge in [-0.25, -0.2) is 10.2 Å². The first-order valence-corrected chi connectivity index (χ1v) is 14.5. The number of amides is 1. The lowest BCUT2D eigenvalue weighted by molar-refractivity contribution is -0.274. The van der Waals surface area contributed by atoms with Crippen molar-refractivity contribution in [3.63, 3.8) is 0 Å². The van der Waals surface area contributed by atoms with Crippen molar-refractivity contribution in [3.05, 3.63) is 89.5 Å². The minimum atomic E-state index is -4.93. The van der Waals surface area contributed by atoms with E-state index in [0.717, 1.165) is 40.2 Å². The Morgan fingerprint density at radius 1 is 1.09 bits per heavy atom. The van der Waals surface area contributed by atoms with E-state index in [4.69, 9.17) is 17.3 Å². The number of carbonyl (C=O) groups excluding carboxylic acids is 1. The van der Waals surface area contributed by atoms with Crippen LogP contribution in [0, 0.1) is 5.82 Å². The normalized spacial score (nSPS) is 13.1. The van der Waals surface area contributed by atoms with Gasteiger partial charge in [-0.3, -0.25) is 14.5 Å². The number of primary amides is 1. The third kappa shape index (κ3) is 6.91. The molecule has 0 aliphatic rings. The average molecular weight is 669 g/mol. The minimum Gasteiger partial charge on any atom is -0.612 e. The zero-order chi connectivity index (χ0) is 34.1. The van der Waals surface area contributed by atoms with Gasteiger partial charge in [0.1, 0.15) is 23.5 Å². The largest absolute Gasteiger partial charge is 0.612 e. The lowest BCUT2D eigenvalue weighted by Gasteiger charge is -2.26. The zero-order valence-electron chi connectivity index (χ0n) is 24.0. The van der Waals surface area contributed by atoms with Gasteiger partial charge in [0.25, 0.3) is 5.91 Å². The van der Waals surface area contributed by atoms with Crippen molar-refractivity contribution in [2.75, 3.05) is 11.3 Å². The van der Waals surface area contributed by atoms with Crippen LogP contribution in [0.2, 0.25) is 0 Å². The predicted octanol–water partition coefficient (Wildman–Crippen LogP) is 4.24. The summed E-state index contributed by atoms with van der Waals surface area (Å²) in [6.45, 7) is -0.710. The molecule has 3 aromatic carbocycles. The number of ether oxygens (including phenoxy) is 1. The topological polar surface area (TPSA) is 169 Å². The van der Waals surface area contributed by atoms with Gasteiger partial charge in [0.05, 0.1) is 29.2 Å². The van der Waals surface area contributed by atoms with Crippen LogP contribution in [0.5, 0.6) is 5.75 Å². The number of halogens is 6. The van der Waals surface area contributed by atoms with E-state index in [9.17, 15) is 40.8 Å². The fraction of sp³-hybridized carbons (Fsp3) is 0.172. The van der Waals surface area contributed by atoms with Crippen molar-refractivity contribution < 1.29 is 45.5 Å². The van der Waals surface area contributed by atoms with Gasteiger partial charge in [-0.2, -0.15) is 13.9 Å². The van der Waals surface area contributed by atoms with E-state index in [1.165, 1.54) is 49.7 Å². The number of aliphatic hydroxyl groups excluding tert-OH is 1. The fourth-order valence-corrected chi connectivity index (χ4v) is 5.39. The summed E-state index contributed by atoms with van der Waals surface area (Å²) < 4.78 is 99.3. The summed E-state index contributed by atoms with van der Waals surface area (Å²) >= 11 is -1.70. The summed E-state index contributed by atoms with van der Waals surface area (Å²) in [6, 6.07) is 12.3. The van der Waals surface area contributed by atoms with Crippen LogP contribution in [0.3, 0.4) is 0 Å². The highest BCUT2D eigenvalue weighted by atomic mass is 32.2. The first-order valence-electron chi connectivity index (χ1n) is 12.9. The van der Waals surface area contributed by atoms with Crippen LogP contribution in [0.1, 0.15) is 16.8 Å². The molecule has 0 bridgehead atoms. The molecule has 0 aliphatic heterocycles. The first kappa shape index (κ1) is 34.2. The number of rotatable bonds is 10. The van der Waals surface area contributed by atoms with Crippen LogP contribution in [0.4, 0.5) is 32.0 Å². The molecule has 0 saturated heterocycles. The van der Waals surface area contributed by atoms with Crippen LogP contribution in [0.15, 0.2) is 71.8 Å². The first-order chi connectivity index (χ1) is 21.5. The van der Waals surface area contributed by atoms with Crippen molar-refractivity contribution in [2.24, 2.45) is 24.4 Å². The number of alkyl halides is 5. The third-order valence-electron chi connectivity index (χ3n) is 6.80. The monoisotopic (exact) mass is 668 g/mol. The van der Waals surface area contributed by atoms with Gasteiger partial charge >= 0.3 is 12.3 Å². The van der Waals surface area contributed by atoms with Crippen LogP contribution >= 0.6 is 0 Å². The maximum absolute atomic E-state index is 15.0. The lowest BCUT2D eigenvalue weighted by atomic mass is 9.98. The summed E-state index contributed by atoms with van der Waals surface area (Å²) in [5.74, 6) is -0.900. The second-order valence-corrected chi connectivity index (χ2v) is 11.1. The SMILES string of the molecule is Cn1nc(C(F)(F)C(N)=O)cc1-c1ccc(-c2cc(F)c(CO)c([S+](C)[O-])c2)cc1N(N)/C(=C\N)c1ccc(OC(F)(F)F)cc1. The molecule has 1 atom stereocenters. The van der Waals surface area contributed by atoms with Crippen LogP contribution in [-0.2, 0) is 35.5 Å². The van der Waals surface area contributed by atoms with Crippen molar-refractivity contribution in [2.45, 2.75) is 23.8 Å². The minimum absolute atomic E-state index is 0.0235. The summed E-state index contributed by atoms with van der Waals surface area (Å²) in [6.07, 6.45) is -2.59. The molecule has 0 saturated carbocycles. The number of nitrogens with two attached hydrogens (primary N) is 3. The van der Waals surface area contributed by atoms with Gasteiger partial charge in [-0.1, -0.05) is 12.1 Å². The number of anilines is 1. The highest BCUT2D eigenvalue weighted by Crippen LogP contribution is 2.40. The molecule has 244 valence electrons. The average Bonchev–Trinajstić information content (AvgIpc) is 3.38. The van der Waals surface area contributed by atoms with Gasteiger partial charge in [-0.15, -0.1) is 13.2 Å². The quantitative estimate of drug-likeness (QED) is 0.0843. The van der Waals surface area contributed by atoms with Gasteiger partial charge in [0, 0.05) is 30.4 Å². The van der Waals surface area contributed by atoms with E-state index < -0.39 is 53.2 Å². The van der Waals surface area contributed by atoms with Gasteiger partial charge in [0.2, 0.25) is 0 Å². The van der Waals surface area contributed by atoms with Crippen molar-refractivity contribution in [1.82, 2.24) is 9.78 Å². The highest BCUT2D eigenvalue weighted by Gasteiger charge is 2.42. The number of nitrogens with zero attached hydrogens (tertiary/aromatic N) is 3. The molecule has 1 unspecified atom stereocenters. The molecule has 0 fully saturated rings.